The van der Waals surface area contributed by atoms with Crippen LogP contribution in [0, 0.1) is 26.2 Å². The summed E-state index contributed by atoms with van der Waals surface area (Å²) < 4.78 is 1.82. The zero-order valence-corrected chi connectivity index (χ0v) is 6.60. The molecule has 0 unspecified atom stereocenters. The van der Waals surface area contributed by atoms with Gasteiger partial charge in [0.2, 0.25) is 0 Å². The summed E-state index contributed by atoms with van der Waals surface area (Å²) in [7, 11) is 0. The van der Waals surface area contributed by atoms with Gasteiger partial charge in [0.1, 0.15) is 0 Å². The number of hydrogen-bond donors (Lipinski definition) is 1. The highest BCUT2D eigenvalue weighted by Gasteiger charge is 2.01. The van der Waals surface area contributed by atoms with E-state index in [1.165, 1.54) is 17.5 Å². The lowest BCUT2D eigenvalue weighted by Gasteiger charge is -1.94. The van der Waals surface area contributed by atoms with Crippen molar-refractivity contribution in [2.75, 3.05) is 0 Å². The minimum absolute atomic E-state index is 1.16. The summed E-state index contributed by atoms with van der Waals surface area (Å²) in [6.07, 6.45) is 3.30. The zero-order valence-electron chi connectivity index (χ0n) is 6.60. The predicted octanol–water partition coefficient (Wildman–Crippen LogP) is 1.87. The second kappa shape index (κ2) is 2.29. The lowest BCUT2D eigenvalue weighted by Crippen LogP contribution is -1.93. The van der Waals surface area contributed by atoms with E-state index in [0.717, 1.165) is 5.69 Å². The number of aryl methyl sites for hydroxylation is 1. The summed E-state index contributed by atoms with van der Waals surface area (Å²) in [6.45, 7) is 6.15. The SMILES string of the molecule is Cc1cn(C=N)c(C)c1C. The van der Waals surface area contributed by atoms with Gasteiger partial charge >= 0.3 is 0 Å². The van der Waals surface area contributed by atoms with Crippen molar-refractivity contribution in [3.63, 3.8) is 0 Å². The van der Waals surface area contributed by atoms with E-state index in [4.69, 9.17) is 5.41 Å². The van der Waals surface area contributed by atoms with Crippen LogP contribution in [-0.2, 0) is 0 Å². The predicted molar refractivity (Wildman–Crippen MR) is 42.8 cm³/mol. The minimum Gasteiger partial charge on any atom is -0.312 e. The van der Waals surface area contributed by atoms with Crippen molar-refractivity contribution in [3.05, 3.63) is 23.0 Å². The van der Waals surface area contributed by atoms with Crippen molar-refractivity contribution in [1.82, 2.24) is 4.57 Å². The van der Waals surface area contributed by atoms with Crippen LogP contribution in [0.4, 0.5) is 0 Å². The van der Waals surface area contributed by atoms with Gasteiger partial charge in [0.05, 0.1) is 6.34 Å². The van der Waals surface area contributed by atoms with E-state index < -0.39 is 0 Å². The van der Waals surface area contributed by atoms with Gasteiger partial charge in [-0.05, 0) is 31.9 Å². The van der Waals surface area contributed by atoms with Crippen molar-refractivity contribution in [2.45, 2.75) is 20.8 Å². The lowest BCUT2D eigenvalue weighted by molar-refractivity contribution is 1.08. The van der Waals surface area contributed by atoms with E-state index >= 15 is 0 Å². The maximum Gasteiger partial charge on any atom is 0.0900 e. The third-order valence-corrected chi connectivity index (χ3v) is 1.99. The quantitative estimate of drug-likeness (QED) is 0.451. The standard InChI is InChI=1S/C8H12N2/c1-6-4-10(5-9)8(3)7(6)2/h4-5,9H,1-3H3. The lowest BCUT2D eigenvalue weighted by atomic mass is 10.2. The summed E-state index contributed by atoms with van der Waals surface area (Å²) >= 11 is 0. The van der Waals surface area contributed by atoms with Crippen LogP contribution in [0.3, 0.4) is 0 Å². The van der Waals surface area contributed by atoms with Gasteiger partial charge in [-0.1, -0.05) is 0 Å². The summed E-state index contributed by atoms with van der Waals surface area (Å²) in [6, 6.07) is 0. The molecule has 1 N–H and O–H groups in total. The molecule has 0 saturated heterocycles. The van der Waals surface area contributed by atoms with Crippen LogP contribution >= 0.6 is 0 Å². The summed E-state index contributed by atoms with van der Waals surface area (Å²) in [4.78, 5) is 0. The first-order valence-electron chi connectivity index (χ1n) is 3.32. The van der Waals surface area contributed by atoms with Gasteiger partial charge in [0.25, 0.3) is 0 Å². The second-order valence-electron chi connectivity index (χ2n) is 2.56. The molecule has 0 spiro atoms. The van der Waals surface area contributed by atoms with Gasteiger partial charge in [-0.15, -0.1) is 0 Å². The van der Waals surface area contributed by atoms with Crippen LogP contribution < -0.4 is 0 Å². The fourth-order valence-corrected chi connectivity index (χ4v) is 1.02. The molecule has 0 aliphatic heterocycles. The Kier molecular flexibility index (Phi) is 1.62. The van der Waals surface area contributed by atoms with Gasteiger partial charge in [0, 0.05) is 11.9 Å². The van der Waals surface area contributed by atoms with Crippen molar-refractivity contribution in [1.29, 1.82) is 5.41 Å². The highest BCUT2D eigenvalue weighted by molar-refractivity contribution is 5.58. The molecule has 54 valence electrons. The molecule has 0 bridgehead atoms. The maximum absolute atomic E-state index is 7.03. The average molecular weight is 136 g/mol. The monoisotopic (exact) mass is 136 g/mol. The molecule has 1 aromatic rings. The Hall–Kier alpha value is -1.05. The van der Waals surface area contributed by atoms with Gasteiger partial charge in [-0.25, -0.2) is 0 Å². The summed E-state index contributed by atoms with van der Waals surface area (Å²) in [5, 5.41) is 7.03. The van der Waals surface area contributed by atoms with Crippen LogP contribution in [0.15, 0.2) is 6.20 Å². The molecular formula is C8H12N2. The van der Waals surface area contributed by atoms with Crippen molar-refractivity contribution >= 4 is 6.34 Å². The van der Waals surface area contributed by atoms with Gasteiger partial charge in [0.15, 0.2) is 0 Å². The normalized spacial score (nSPS) is 9.90. The Morgan fingerprint density at radius 3 is 2.20 bits per heavy atom. The van der Waals surface area contributed by atoms with Crippen LogP contribution in [0.25, 0.3) is 0 Å². The molecule has 1 heterocycles. The van der Waals surface area contributed by atoms with E-state index in [1.54, 1.807) is 0 Å². The largest absolute Gasteiger partial charge is 0.312 e. The molecule has 0 aliphatic rings. The van der Waals surface area contributed by atoms with E-state index in [2.05, 4.69) is 13.8 Å². The number of rotatable bonds is 1. The molecule has 0 aromatic carbocycles. The smallest absolute Gasteiger partial charge is 0.0900 e. The molecule has 0 fully saturated rings. The Morgan fingerprint density at radius 2 is 2.00 bits per heavy atom. The Morgan fingerprint density at radius 1 is 1.40 bits per heavy atom. The summed E-state index contributed by atoms with van der Waals surface area (Å²) in [5.74, 6) is 0. The first-order valence-corrected chi connectivity index (χ1v) is 3.32. The number of aromatic nitrogens is 1. The minimum atomic E-state index is 1.16. The van der Waals surface area contributed by atoms with Crippen LogP contribution in [0.2, 0.25) is 0 Å². The molecular weight excluding hydrogens is 124 g/mol. The third-order valence-electron chi connectivity index (χ3n) is 1.99. The first kappa shape index (κ1) is 7.06. The molecule has 0 amide bonds. The fraction of sp³-hybridized carbons (Fsp3) is 0.375. The highest BCUT2D eigenvalue weighted by atomic mass is 15.0. The second-order valence-corrected chi connectivity index (χ2v) is 2.56. The van der Waals surface area contributed by atoms with Crippen molar-refractivity contribution in [3.8, 4) is 0 Å². The molecule has 0 atom stereocenters. The zero-order chi connectivity index (χ0) is 7.72. The molecule has 0 radical (unpaired) electrons. The summed E-state index contributed by atoms with van der Waals surface area (Å²) in [5.41, 5.74) is 3.69. The van der Waals surface area contributed by atoms with Crippen LogP contribution in [0.1, 0.15) is 16.8 Å². The maximum atomic E-state index is 7.03. The van der Waals surface area contributed by atoms with Gasteiger partial charge < -0.3 is 4.57 Å². The van der Waals surface area contributed by atoms with Crippen LogP contribution in [0.5, 0.6) is 0 Å². The Bertz CT molecular complexity index is 258. The molecule has 10 heavy (non-hydrogen) atoms. The Balaban J connectivity index is 3.30. The molecule has 1 rings (SSSR count). The number of nitrogens with zero attached hydrogens (tertiary/aromatic N) is 1. The van der Waals surface area contributed by atoms with Gasteiger partial charge in [-0.2, -0.15) is 0 Å². The molecule has 2 heteroatoms. The van der Waals surface area contributed by atoms with Crippen LogP contribution in [-0.4, -0.2) is 10.9 Å². The molecule has 0 aliphatic carbocycles. The van der Waals surface area contributed by atoms with E-state index in [9.17, 15) is 0 Å². The molecule has 1 aromatic heterocycles. The topological polar surface area (TPSA) is 28.8 Å². The van der Waals surface area contributed by atoms with Gasteiger partial charge in [-0.3, -0.25) is 5.41 Å². The van der Waals surface area contributed by atoms with Crippen molar-refractivity contribution < 1.29 is 0 Å². The Labute approximate surface area is 61.0 Å². The number of nitrogens with one attached hydrogen (secondary N) is 1. The fourth-order valence-electron chi connectivity index (χ4n) is 1.02. The molecule has 2 nitrogen and oxygen atoms in total. The average Bonchev–Trinajstić information content (AvgIpc) is 2.17. The molecule has 0 saturated carbocycles. The third kappa shape index (κ3) is 0.856. The van der Waals surface area contributed by atoms with E-state index in [0.29, 0.717) is 0 Å². The number of hydrogen-bond acceptors (Lipinski definition) is 1. The van der Waals surface area contributed by atoms with E-state index in [1.807, 2.05) is 17.7 Å². The highest BCUT2D eigenvalue weighted by Crippen LogP contribution is 2.12. The first-order chi connectivity index (χ1) is 4.66. The van der Waals surface area contributed by atoms with Crippen molar-refractivity contribution in [2.24, 2.45) is 0 Å². The van der Waals surface area contributed by atoms with E-state index in [-0.39, 0.29) is 0 Å².